The molecule has 5 nitrogen and oxygen atoms in total. The van der Waals surface area contributed by atoms with Crippen molar-refractivity contribution in [1.29, 1.82) is 0 Å². The van der Waals surface area contributed by atoms with Crippen LogP contribution < -0.4 is 5.32 Å². The van der Waals surface area contributed by atoms with Crippen LogP contribution in [-0.4, -0.2) is 20.2 Å². The molecule has 0 radical (unpaired) electrons. The number of aromatic amines is 1. The fourth-order valence-corrected chi connectivity index (χ4v) is 1.87. The summed E-state index contributed by atoms with van der Waals surface area (Å²) in [5.41, 5.74) is 1.07. The maximum Gasteiger partial charge on any atom is 0.164 e. The molecule has 0 amide bonds. The monoisotopic (exact) mass is 223 g/mol. The molecule has 80 valence electrons. The van der Waals surface area contributed by atoms with E-state index in [4.69, 9.17) is 0 Å². The Hall–Kier alpha value is -1.27. The van der Waals surface area contributed by atoms with E-state index < -0.39 is 0 Å². The van der Waals surface area contributed by atoms with E-state index in [1.807, 2.05) is 13.8 Å². The van der Waals surface area contributed by atoms with Crippen LogP contribution in [0.5, 0.6) is 0 Å². The highest BCUT2D eigenvalue weighted by Crippen LogP contribution is 2.07. The maximum absolute atomic E-state index is 4.35. The maximum atomic E-state index is 4.35. The predicted octanol–water partition coefficient (Wildman–Crippen LogP) is 1.17. The summed E-state index contributed by atoms with van der Waals surface area (Å²) in [7, 11) is 0. The lowest BCUT2D eigenvalue weighted by Crippen LogP contribution is -2.14. The average Bonchev–Trinajstić information content (AvgIpc) is 2.76. The van der Waals surface area contributed by atoms with E-state index in [1.54, 1.807) is 11.3 Å². The summed E-state index contributed by atoms with van der Waals surface area (Å²) in [4.78, 5) is 8.55. The molecule has 0 aliphatic heterocycles. The standard InChI is InChI=1S/C9H13N5S/c1-6-11-9(14-13-6)4-10-3-8-5-15-7(2)12-8/h5,10H,3-4H2,1-2H3,(H,11,13,14). The summed E-state index contributed by atoms with van der Waals surface area (Å²) in [6, 6.07) is 0. The molecule has 0 unspecified atom stereocenters. The topological polar surface area (TPSA) is 66.5 Å². The Morgan fingerprint density at radius 1 is 1.33 bits per heavy atom. The van der Waals surface area contributed by atoms with Gasteiger partial charge in [0.2, 0.25) is 0 Å². The quantitative estimate of drug-likeness (QED) is 0.816. The van der Waals surface area contributed by atoms with E-state index in [0.717, 1.165) is 28.9 Å². The number of aromatic nitrogens is 4. The summed E-state index contributed by atoms with van der Waals surface area (Å²) in [6.45, 7) is 5.33. The number of nitrogens with zero attached hydrogens (tertiary/aromatic N) is 3. The summed E-state index contributed by atoms with van der Waals surface area (Å²) >= 11 is 1.67. The van der Waals surface area contributed by atoms with Crippen LogP contribution in [0.2, 0.25) is 0 Å². The van der Waals surface area contributed by atoms with Gasteiger partial charge in [0.15, 0.2) is 5.82 Å². The van der Waals surface area contributed by atoms with Crippen molar-refractivity contribution < 1.29 is 0 Å². The normalized spacial score (nSPS) is 10.8. The van der Waals surface area contributed by atoms with Gasteiger partial charge in [0.05, 0.1) is 17.2 Å². The van der Waals surface area contributed by atoms with Crippen molar-refractivity contribution in [1.82, 2.24) is 25.5 Å². The van der Waals surface area contributed by atoms with Crippen LogP contribution in [0.4, 0.5) is 0 Å². The fraction of sp³-hybridized carbons (Fsp3) is 0.444. The molecule has 0 aromatic carbocycles. The van der Waals surface area contributed by atoms with Crippen LogP contribution in [0.1, 0.15) is 22.4 Å². The highest BCUT2D eigenvalue weighted by molar-refractivity contribution is 7.09. The number of aryl methyl sites for hydroxylation is 2. The Kier molecular flexibility index (Phi) is 3.08. The van der Waals surface area contributed by atoms with Crippen LogP contribution in [-0.2, 0) is 13.1 Å². The first kappa shape index (κ1) is 10.3. The van der Waals surface area contributed by atoms with Crippen LogP contribution >= 0.6 is 11.3 Å². The van der Waals surface area contributed by atoms with Gasteiger partial charge in [-0.3, -0.25) is 5.10 Å². The number of rotatable bonds is 4. The second-order valence-corrected chi connectivity index (χ2v) is 4.36. The molecule has 15 heavy (non-hydrogen) atoms. The first-order chi connectivity index (χ1) is 7.24. The minimum Gasteiger partial charge on any atom is -0.304 e. The number of H-pyrrole nitrogens is 1. The van der Waals surface area contributed by atoms with Gasteiger partial charge in [0.1, 0.15) is 5.82 Å². The molecule has 2 rings (SSSR count). The second kappa shape index (κ2) is 4.50. The lowest BCUT2D eigenvalue weighted by molar-refractivity contribution is 0.655. The van der Waals surface area contributed by atoms with Crippen molar-refractivity contribution in [2.75, 3.05) is 0 Å². The predicted molar refractivity (Wildman–Crippen MR) is 58.5 cm³/mol. The Morgan fingerprint density at radius 2 is 2.20 bits per heavy atom. The third-order valence-electron chi connectivity index (χ3n) is 1.90. The molecule has 0 spiro atoms. The molecule has 0 bridgehead atoms. The molecule has 2 N–H and O–H groups in total. The third-order valence-corrected chi connectivity index (χ3v) is 2.72. The van der Waals surface area contributed by atoms with Crippen molar-refractivity contribution in [3.63, 3.8) is 0 Å². The third kappa shape index (κ3) is 2.84. The molecule has 2 aromatic rings. The zero-order valence-electron chi connectivity index (χ0n) is 8.74. The Balaban J connectivity index is 1.80. The summed E-state index contributed by atoms with van der Waals surface area (Å²) in [5.74, 6) is 1.63. The smallest absolute Gasteiger partial charge is 0.164 e. The van der Waals surface area contributed by atoms with Crippen LogP contribution in [0.3, 0.4) is 0 Å². The van der Waals surface area contributed by atoms with Crippen LogP contribution in [0.15, 0.2) is 5.38 Å². The van der Waals surface area contributed by atoms with Gasteiger partial charge in [-0.05, 0) is 13.8 Å². The lowest BCUT2D eigenvalue weighted by atomic mass is 10.4. The second-order valence-electron chi connectivity index (χ2n) is 3.30. The molecule has 0 saturated heterocycles. The lowest BCUT2D eigenvalue weighted by Gasteiger charge is -1.97. The highest BCUT2D eigenvalue weighted by atomic mass is 32.1. The van der Waals surface area contributed by atoms with Crippen molar-refractivity contribution in [2.45, 2.75) is 26.9 Å². The number of nitrogens with one attached hydrogen (secondary N) is 2. The number of hydrogen-bond donors (Lipinski definition) is 2. The number of hydrogen-bond acceptors (Lipinski definition) is 5. The van der Waals surface area contributed by atoms with Crippen molar-refractivity contribution >= 4 is 11.3 Å². The van der Waals surface area contributed by atoms with E-state index >= 15 is 0 Å². The summed E-state index contributed by atoms with van der Waals surface area (Å²) < 4.78 is 0. The van der Waals surface area contributed by atoms with Gasteiger partial charge in [-0.1, -0.05) is 0 Å². The molecular formula is C9H13N5S. The fourth-order valence-electron chi connectivity index (χ4n) is 1.26. The SMILES string of the molecule is Cc1nc(CNCc2csc(C)n2)n[nH]1. The molecule has 6 heteroatoms. The van der Waals surface area contributed by atoms with Crippen LogP contribution in [0.25, 0.3) is 0 Å². The molecule has 0 aliphatic carbocycles. The van der Waals surface area contributed by atoms with Crippen LogP contribution in [0, 0.1) is 13.8 Å². The van der Waals surface area contributed by atoms with Gasteiger partial charge < -0.3 is 5.32 Å². The molecule has 0 aliphatic rings. The zero-order valence-corrected chi connectivity index (χ0v) is 9.56. The molecule has 2 aromatic heterocycles. The zero-order chi connectivity index (χ0) is 10.7. The highest BCUT2D eigenvalue weighted by Gasteiger charge is 2.00. The van der Waals surface area contributed by atoms with E-state index in [1.165, 1.54) is 0 Å². The number of thiazole rings is 1. The van der Waals surface area contributed by atoms with Gasteiger partial charge in [0.25, 0.3) is 0 Å². The van der Waals surface area contributed by atoms with E-state index in [0.29, 0.717) is 6.54 Å². The summed E-state index contributed by atoms with van der Waals surface area (Å²) in [6.07, 6.45) is 0. The first-order valence-electron chi connectivity index (χ1n) is 4.73. The van der Waals surface area contributed by atoms with Crippen molar-refractivity contribution in [3.8, 4) is 0 Å². The van der Waals surface area contributed by atoms with Gasteiger partial charge in [-0.2, -0.15) is 5.10 Å². The van der Waals surface area contributed by atoms with E-state index in [2.05, 4.69) is 30.9 Å². The summed E-state index contributed by atoms with van der Waals surface area (Å²) in [5, 5.41) is 13.2. The molecule has 0 atom stereocenters. The Bertz CT molecular complexity index is 393. The van der Waals surface area contributed by atoms with Crippen molar-refractivity contribution in [3.05, 3.63) is 27.7 Å². The minimum atomic E-state index is 0.668. The molecule has 2 heterocycles. The van der Waals surface area contributed by atoms with Gasteiger partial charge >= 0.3 is 0 Å². The van der Waals surface area contributed by atoms with Gasteiger partial charge in [-0.25, -0.2) is 9.97 Å². The molecular weight excluding hydrogens is 210 g/mol. The Morgan fingerprint density at radius 3 is 2.80 bits per heavy atom. The molecule has 0 fully saturated rings. The largest absolute Gasteiger partial charge is 0.304 e. The Labute approximate surface area is 92.0 Å². The van der Waals surface area contributed by atoms with Gasteiger partial charge in [0, 0.05) is 11.9 Å². The van der Waals surface area contributed by atoms with E-state index in [9.17, 15) is 0 Å². The molecule has 0 saturated carbocycles. The van der Waals surface area contributed by atoms with Crippen molar-refractivity contribution in [2.24, 2.45) is 0 Å². The van der Waals surface area contributed by atoms with E-state index in [-0.39, 0.29) is 0 Å². The van der Waals surface area contributed by atoms with Gasteiger partial charge in [-0.15, -0.1) is 11.3 Å². The average molecular weight is 223 g/mol. The minimum absolute atomic E-state index is 0.668. The first-order valence-corrected chi connectivity index (χ1v) is 5.61.